The maximum absolute atomic E-state index is 13.1. The molecule has 0 saturated carbocycles. The van der Waals surface area contributed by atoms with Crippen molar-refractivity contribution >= 4 is 27.2 Å². The third-order valence-corrected chi connectivity index (χ3v) is 3.77. The summed E-state index contributed by atoms with van der Waals surface area (Å²) in [6.07, 6.45) is -3.02. The monoisotopic (exact) mass is 368 g/mol. The zero-order chi connectivity index (χ0) is 15.9. The molecule has 0 aliphatic rings. The van der Waals surface area contributed by atoms with Gasteiger partial charge in [-0.25, -0.2) is 4.98 Å². The molecule has 3 aromatic rings. The van der Waals surface area contributed by atoms with E-state index in [1.807, 2.05) is 0 Å². The zero-order valence-electron chi connectivity index (χ0n) is 10.9. The molecule has 2 aromatic heterocycles. The number of pyridine rings is 1. The van der Waals surface area contributed by atoms with E-state index in [0.29, 0.717) is 10.1 Å². The molecule has 0 aliphatic carbocycles. The Labute approximate surface area is 131 Å². The Bertz CT molecular complexity index is 871. The summed E-state index contributed by atoms with van der Waals surface area (Å²) in [5.74, 6) is -0.848. The van der Waals surface area contributed by atoms with E-state index in [1.165, 1.54) is 16.5 Å². The number of benzene rings is 1. The summed E-state index contributed by atoms with van der Waals surface area (Å²) in [5.41, 5.74) is -0.780. The van der Waals surface area contributed by atoms with Crippen LogP contribution >= 0.6 is 15.9 Å². The van der Waals surface area contributed by atoms with Gasteiger partial charge >= 0.3 is 6.18 Å². The number of carbonyl (C=O) groups is 1. The van der Waals surface area contributed by atoms with Crippen LogP contribution in [0, 0.1) is 0 Å². The number of rotatable bonds is 2. The Kier molecular flexibility index (Phi) is 3.52. The summed E-state index contributed by atoms with van der Waals surface area (Å²) >= 11 is 3.21. The fourth-order valence-corrected chi connectivity index (χ4v) is 2.70. The van der Waals surface area contributed by atoms with E-state index in [2.05, 4.69) is 20.9 Å². The average molecular weight is 369 g/mol. The van der Waals surface area contributed by atoms with Crippen molar-refractivity contribution in [2.75, 3.05) is 0 Å². The van der Waals surface area contributed by atoms with Crippen LogP contribution in [-0.4, -0.2) is 15.2 Å². The molecular formula is C15H8BrF3N2O. The largest absolute Gasteiger partial charge is 0.417 e. The number of imidazole rings is 1. The lowest BCUT2D eigenvalue weighted by Crippen LogP contribution is -2.15. The highest BCUT2D eigenvalue weighted by molar-refractivity contribution is 9.10. The minimum Gasteiger partial charge on any atom is -0.296 e. The molecular weight excluding hydrogens is 361 g/mol. The first-order chi connectivity index (χ1) is 10.4. The number of hydrogen-bond acceptors (Lipinski definition) is 2. The van der Waals surface area contributed by atoms with E-state index < -0.39 is 23.1 Å². The first-order valence-electron chi connectivity index (χ1n) is 6.23. The lowest BCUT2D eigenvalue weighted by atomic mass is 10.0. The molecule has 3 rings (SSSR count). The van der Waals surface area contributed by atoms with Crippen molar-refractivity contribution in [2.24, 2.45) is 0 Å². The summed E-state index contributed by atoms with van der Waals surface area (Å²) in [7, 11) is 0. The predicted molar refractivity (Wildman–Crippen MR) is 77.8 cm³/mol. The fourth-order valence-electron chi connectivity index (χ4n) is 2.21. The Morgan fingerprint density at radius 1 is 1.09 bits per heavy atom. The molecule has 22 heavy (non-hydrogen) atoms. The van der Waals surface area contributed by atoms with Gasteiger partial charge in [-0.2, -0.15) is 13.2 Å². The predicted octanol–water partition coefficient (Wildman–Crippen LogP) is 4.35. The summed E-state index contributed by atoms with van der Waals surface area (Å²) < 4.78 is 41.0. The maximum atomic E-state index is 13.1. The third kappa shape index (κ3) is 2.41. The third-order valence-electron chi connectivity index (χ3n) is 3.18. The van der Waals surface area contributed by atoms with Gasteiger partial charge in [0.05, 0.1) is 11.1 Å². The fraction of sp³-hybridized carbons (Fsp3) is 0.0667. The Morgan fingerprint density at radius 3 is 2.50 bits per heavy atom. The van der Waals surface area contributed by atoms with E-state index in [-0.39, 0.29) is 5.82 Å². The topological polar surface area (TPSA) is 34.4 Å². The van der Waals surface area contributed by atoms with Crippen molar-refractivity contribution < 1.29 is 18.0 Å². The van der Waals surface area contributed by atoms with Crippen LogP contribution in [0.2, 0.25) is 0 Å². The van der Waals surface area contributed by atoms with Crippen LogP contribution in [0.1, 0.15) is 21.7 Å². The van der Waals surface area contributed by atoms with Gasteiger partial charge in [0.2, 0.25) is 5.78 Å². The zero-order valence-corrected chi connectivity index (χ0v) is 12.5. The van der Waals surface area contributed by atoms with E-state index in [9.17, 15) is 18.0 Å². The van der Waals surface area contributed by atoms with Crippen LogP contribution < -0.4 is 0 Å². The lowest BCUT2D eigenvalue weighted by molar-refractivity contribution is -0.137. The second-order valence-electron chi connectivity index (χ2n) is 4.55. The van der Waals surface area contributed by atoms with Crippen molar-refractivity contribution in [3.63, 3.8) is 0 Å². The van der Waals surface area contributed by atoms with Gasteiger partial charge < -0.3 is 0 Å². The standard InChI is InChI=1S/C15H8BrF3N2O/c16-13-11-7-3-4-8-21(11)14(20-13)12(22)9-5-1-2-6-10(9)15(17,18)19/h1-8H. The molecule has 1 aromatic carbocycles. The second-order valence-corrected chi connectivity index (χ2v) is 5.31. The summed E-state index contributed by atoms with van der Waals surface area (Å²) in [5, 5.41) is 0. The van der Waals surface area contributed by atoms with Gasteiger partial charge in [0, 0.05) is 11.8 Å². The van der Waals surface area contributed by atoms with E-state index >= 15 is 0 Å². The SMILES string of the molecule is O=C(c1ccccc1C(F)(F)F)c1nc(Br)c2ccccn12. The Hall–Kier alpha value is -2.15. The smallest absolute Gasteiger partial charge is 0.296 e. The van der Waals surface area contributed by atoms with Crippen molar-refractivity contribution in [1.29, 1.82) is 0 Å². The van der Waals surface area contributed by atoms with Crippen molar-refractivity contribution in [2.45, 2.75) is 6.18 Å². The number of alkyl halides is 3. The first kappa shape index (κ1) is 14.8. The molecule has 3 nitrogen and oxygen atoms in total. The average Bonchev–Trinajstić information content (AvgIpc) is 2.83. The molecule has 0 N–H and O–H groups in total. The molecule has 0 aliphatic heterocycles. The van der Waals surface area contributed by atoms with Gasteiger partial charge in [0.15, 0.2) is 5.82 Å². The lowest BCUT2D eigenvalue weighted by Gasteiger charge is -2.11. The van der Waals surface area contributed by atoms with Crippen LogP contribution in [0.5, 0.6) is 0 Å². The van der Waals surface area contributed by atoms with Crippen molar-refractivity contribution in [1.82, 2.24) is 9.38 Å². The molecule has 7 heteroatoms. The highest BCUT2D eigenvalue weighted by Gasteiger charge is 2.35. The summed E-state index contributed by atoms with van der Waals surface area (Å²) in [6.45, 7) is 0. The van der Waals surface area contributed by atoms with Gasteiger partial charge in [-0.15, -0.1) is 0 Å². The number of aromatic nitrogens is 2. The molecule has 0 fully saturated rings. The van der Waals surface area contributed by atoms with Crippen LogP contribution in [-0.2, 0) is 6.18 Å². The highest BCUT2D eigenvalue weighted by atomic mass is 79.9. The van der Waals surface area contributed by atoms with E-state index in [0.717, 1.165) is 12.1 Å². The molecule has 0 bridgehead atoms. The Balaban J connectivity index is 2.20. The summed E-state index contributed by atoms with van der Waals surface area (Å²) in [4.78, 5) is 16.6. The van der Waals surface area contributed by atoms with Gasteiger partial charge in [0.1, 0.15) is 4.60 Å². The number of ketones is 1. The molecule has 2 heterocycles. The molecule has 112 valence electrons. The highest BCUT2D eigenvalue weighted by Crippen LogP contribution is 2.33. The quantitative estimate of drug-likeness (QED) is 0.630. The van der Waals surface area contributed by atoms with E-state index in [4.69, 9.17) is 0 Å². The van der Waals surface area contributed by atoms with Crippen LogP contribution in [0.4, 0.5) is 13.2 Å². The van der Waals surface area contributed by atoms with Gasteiger partial charge in [-0.1, -0.05) is 24.3 Å². The molecule has 0 spiro atoms. The molecule has 0 radical (unpaired) electrons. The van der Waals surface area contributed by atoms with Crippen molar-refractivity contribution in [3.8, 4) is 0 Å². The Morgan fingerprint density at radius 2 is 1.77 bits per heavy atom. The van der Waals surface area contributed by atoms with Crippen LogP contribution in [0.15, 0.2) is 53.3 Å². The van der Waals surface area contributed by atoms with Crippen molar-refractivity contribution in [3.05, 3.63) is 70.2 Å². The van der Waals surface area contributed by atoms with Gasteiger partial charge in [-0.05, 0) is 34.1 Å². The minimum atomic E-state index is -4.60. The number of fused-ring (bicyclic) bond motifs is 1. The van der Waals surface area contributed by atoms with Crippen LogP contribution in [0.3, 0.4) is 0 Å². The van der Waals surface area contributed by atoms with Gasteiger partial charge in [0.25, 0.3) is 0 Å². The first-order valence-corrected chi connectivity index (χ1v) is 7.02. The number of halogens is 4. The minimum absolute atomic E-state index is 0.0702. The summed E-state index contributed by atoms with van der Waals surface area (Å²) in [6, 6.07) is 9.82. The maximum Gasteiger partial charge on any atom is 0.417 e. The normalized spacial score (nSPS) is 11.8. The van der Waals surface area contributed by atoms with Crippen LogP contribution in [0.25, 0.3) is 5.52 Å². The molecule has 0 unspecified atom stereocenters. The number of nitrogens with zero attached hydrogens (tertiary/aromatic N) is 2. The van der Waals surface area contributed by atoms with Gasteiger partial charge in [-0.3, -0.25) is 9.20 Å². The molecule has 0 atom stereocenters. The second kappa shape index (κ2) is 5.24. The molecule has 0 saturated heterocycles. The number of carbonyl (C=O) groups excluding carboxylic acids is 1. The number of hydrogen-bond donors (Lipinski definition) is 0. The molecule has 0 amide bonds. The van der Waals surface area contributed by atoms with E-state index in [1.54, 1.807) is 24.4 Å².